The lowest BCUT2D eigenvalue weighted by Gasteiger charge is -2.45. The molecule has 0 unspecified atom stereocenters. The van der Waals surface area contributed by atoms with Gasteiger partial charge >= 0.3 is 0 Å². The fraction of sp³-hybridized carbons (Fsp3) is 0.360. The Morgan fingerprint density at radius 1 is 1.17 bits per heavy atom. The Hall–Kier alpha value is -2.88. The van der Waals surface area contributed by atoms with Gasteiger partial charge in [0.25, 0.3) is 5.91 Å². The molecule has 0 fully saturated rings. The Kier molecular flexibility index (Phi) is 6.53. The first-order valence-electron chi connectivity index (χ1n) is 10.3. The van der Waals surface area contributed by atoms with Crippen molar-refractivity contribution in [2.24, 2.45) is 4.99 Å². The third-order valence-corrected chi connectivity index (χ3v) is 5.54. The van der Waals surface area contributed by atoms with Gasteiger partial charge in [-0.15, -0.1) is 6.58 Å². The Morgan fingerprint density at radius 2 is 1.79 bits per heavy atom. The Morgan fingerprint density at radius 3 is 2.38 bits per heavy atom. The molecule has 3 atom stereocenters. The number of ether oxygens (including phenoxy) is 1. The summed E-state index contributed by atoms with van der Waals surface area (Å²) in [7, 11) is 0. The van der Waals surface area contributed by atoms with Crippen molar-refractivity contribution in [2.75, 3.05) is 6.61 Å². The van der Waals surface area contributed by atoms with Crippen molar-refractivity contribution >= 4 is 11.8 Å². The zero-order valence-electron chi connectivity index (χ0n) is 17.5. The molecule has 0 bridgehead atoms. The topological polar surface area (TPSA) is 41.9 Å². The fourth-order valence-electron chi connectivity index (χ4n) is 4.08. The summed E-state index contributed by atoms with van der Waals surface area (Å²) < 4.78 is 5.92. The van der Waals surface area contributed by atoms with E-state index in [0.29, 0.717) is 25.3 Å². The number of carbonyl (C=O) groups excluding carboxylic acids is 1. The minimum absolute atomic E-state index is 0.0218. The number of benzene rings is 2. The number of carbonyl (C=O) groups is 1. The molecular weight excluding hydrogens is 360 g/mol. The highest BCUT2D eigenvalue weighted by atomic mass is 16.5. The smallest absolute Gasteiger partial charge is 0.252 e. The molecule has 0 N–H and O–H groups in total. The van der Waals surface area contributed by atoms with Crippen molar-refractivity contribution in [1.29, 1.82) is 0 Å². The summed E-state index contributed by atoms with van der Waals surface area (Å²) >= 11 is 0. The highest BCUT2D eigenvalue weighted by Gasteiger charge is 2.49. The molecule has 29 heavy (non-hydrogen) atoms. The monoisotopic (exact) mass is 390 g/mol. The summed E-state index contributed by atoms with van der Waals surface area (Å²) in [5.74, 6) is 0.640. The first kappa shape index (κ1) is 20.8. The number of aliphatic imine (C=N–C) groups is 1. The molecule has 1 aliphatic rings. The van der Waals surface area contributed by atoms with Gasteiger partial charge in [-0.2, -0.15) is 0 Å². The predicted molar refractivity (Wildman–Crippen MR) is 118 cm³/mol. The zero-order valence-corrected chi connectivity index (χ0v) is 17.5. The van der Waals surface area contributed by atoms with E-state index >= 15 is 0 Å². The van der Waals surface area contributed by atoms with Crippen LogP contribution in [0.5, 0.6) is 0 Å². The molecule has 2 aromatic carbocycles. The SMILES string of the molecule is C=CC[C@@]1(Cc2ccccc2)N=C(OCC)[C@@H](C)N([C@@H](C)c2ccccc2)C1=O. The van der Waals surface area contributed by atoms with Crippen molar-refractivity contribution in [2.45, 2.75) is 51.2 Å². The van der Waals surface area contributed by atoms with E-state index in [9.17, 15) is 4.79 Å². The Labute approximate surface area is 173 Å². The third-order valence-electron chi connectivity index (χ3n) is 5.54. The predicted octanol–water partition coefficient (Wildman–Crippen LogP) is 4.97. The van der Waals surface area contributed by atoms with Gasteiger partial charge in [-0.25, -0.2) is 4.99 Å². The summed E-state index contributed by atoms with van der Waals surface area (Å²) in [4.78, 5) is 20.8. The first-order chi connectivity index (χ1) is 14.0. The Balaban J connectivity index is 2.08. The second-order valence-electron chi connectivity index (χ2n) is 7.54. The minimum atomic E-state index is -0.941. The maximum atomic E-state index is 13.9. The molecule has 0 aliphatic carbocycles. The second-order valence-corrected chi connectivity index (χ2v) is 7.54. The lowest BCUT2D eigenvalue weighted by atomic mass is 9.83. The summed E-state index contributed by atoms with van der Waals surface area (Å²) in [6, 6.07) is 19.8. The van der Waals surface area contributed by atoms with E-state index in [1.165, 1.54) is 0 Å². The molecular formula is C25H30N2O2. The zero-order chi connectivity index (χ0) is 20.9. The number of nitrogens with zero attached hydrogens (tertiary/aromatic N) is 2. The van der Waals surface area contributed by atoms with Crippen molar-refractivity contribution in [3.05, 3.63) is 84.4 Å². The van der Waals surface area contributed by atoms with Crippen molar-refractivity contribution in [1.82, 2.24) is 4.90 Å². The van der Waals surface area contributed by atoms with E-state index in [0.717, 1.165) is 11.1 Å². The molecule has 1 aliphatic heterocycles. The van der Waals surface area contributed by atoms with E-state index < -0.39 is 5.54 Å². The van der Waals surface area contributed by atoms with Gasteiger partial charge in [0, 0.05) is 6.42 Å². The maximum absolute atomic E-state index is 13.9. The van der Waals surface area contributed by atoms with Crippen LogP contribution < -0.4 is 0 Å². The summed E-state index contributed by atoms with van der Waals surface area (Å²) in [6.45, 7) is 10.4. The van der Waals surface area contributed by atoms with Crippen molar-refractivity contribution in [3.8, 4) is 0 Å². The molecule has 4 nitrogen and oxygen atoms in total. The molecule has 4 heteroatoms. The van der Waals surface area contributed by atoms with Gasteiger partial charge in [-0.3, -0.25) is 4.79 Å². The van der Waals surface area contributed by atoms with Gasteiger partial charge < -0.3 is 9.64 Å². The summed E-state index contributed by atoms with van der Waals surface area (Å²) in [5.41, 5.74) is 1.23. The first-order valence-corrected chi connectivity index (χ1v) is 10.3. The van der Waals surface area contributed by atoms with Crippen LogP contribution in [0, 0.1) is 0 Å². The molecule has 0 saturated carbocycles. The van der Waals surface area contributed by atoms with E-state index in [4.69, 9.17) is 9.73 Å². The van der Waals surface area contributed by atoms with Crippen LogP contribution in [-0.4, -0.2) is 34.9 Å². The fourth-order valence-corrected chi connectivity index (χ4v) is 4.08. The normalized spacial score (nSPS) is 22.7. The van der Waals surface area contributed by atoms with Crippen LogP contribution in [0.1, 0.15) is 44.4 Å². The van der Waals surface area contributed by atoms with Crippen LogP contribution >= 0.6 is 0 Å². The molecule has 1 amide bonds. The summed E-state index contributed by atoms with van der Waals surface area (Å²) in [6.07, 6.45) is 2.76. The lowest BCUT2D eigenvalue weighted by Crippen LogP contribution is -2.59. The highest BCUT2D eigenvalue weighted by Crippen LogP contribution is 2.36. The molecule has 0 aromatic heterocycles. The van der Waals surface area contributed by atoms with Crippen molar-refractivity contribution < 1.29 is 9.53 Å². The van der Waals surface area contributed by atoms with E-state index in [1.54, 1.807) is 6.08 Å². The van der Waals surface area contributed by atoms with Gasteiger partial charge in [-0.1, -0.05) is 66.7 Å². The molecule has 0 saturated heterocycles. The van der Waals surface area contributed by atoms with Gasteiger partial charge in [0.05, 0.1) is 12.6 Å². The third kappa shape index (κ3) is 4.26. The highest BCUT2D eigenvalue weighted by molar-refractivity contribution is 5.98. The van der Waals surface area contributed by atoms with Gasteiger partial charge in [0.2, 0.25) is 5.90 Å². The maximum Gasteiger partial charge on any atom is 0.252 e. The van der Waals surface area contributed by atoms with E-state index in [-0.39, 0.29) is 18.0 Å². The van der Waals surface area contributed by atoms with Crippen LogP contribution in [-0.2, 0) is 16.0 Å². The van der Waals surface area contributed by atoms with Gasteiger partial charge in [-0.05, 0) is 38.3 Å². The number of hydrogen-bond acceptors (Lipinski definition) is 3. The van der Waals surface area contributed by atoms with Gasteiger partial charge in [0.1, 0.15) is 6.04 Å². The van der Waals surface area contributed by atoms with E-state index in [1.807, 2.05) is 67.3 Å². The largest absolute Gasteiger partial charge is 0.480 e. The van der Waals surface area contributed by atoms with Crippen molar-refractivity contribution in [3.63, 3.8) is 0 Å². The molecule has 0 radical (unpaired) electrons. The second kappa shape index (κ2) is 9.08. The number of hydrogen-bond donors (Lipinski definition) is 0. The molecule has 2 aromatic rings. The average molecular weight is 391 g/mol. The van der Waals surface area contributed by atoms with Crippen LogP contribution in [0.3, 0.4) is 0 Å². The molecule has 3 rings (SSSR count). The molecule has 1 heterocycles. The van der Waals surface area contributed by atoms with Crippen LogP contribution in [0.25, 0.3) is 0 Å². The minimum Gasteiger partial charge on any atom is -0.480 e. The Bertz CT molecular complexity index is 863. The lowest BCUT2D eigenvalue weighted by molar-refractivity contribution is -0.142. The average Bonchev–Trinajstić information content (AvgIpc) is 2.74. The van der Waals surface area contributed by atoms with Gasteiger partial charge in [0.15, 0.2) is 5.54 Å². The standard InChI is InChI=1S/C25H30N2O2/c1-5-17-25(18-21-13-9-7-10-14-21)24(28)27(20(4)23(26-25)29-6-2)19(3)22-15-11-8-12-16-22/h5,7-16,19-20H,1,6,17-18H2,2-4H3/t19-,20+,25-/m0/s1. The van der Waals surface area contributed by atoms with Crippen LogP contribution in [0.2, 0.25) is 0 Å². The molecule has 0 spiro atoms. The molecule has 152 valence electrons. The van der Waals surface area contributed by atoms with Crippen LogP contribution in [0.15, 0.2) is 78.3 Å². The summed E-state index contributed by atoms with van der Waals surface area (Å²) in [5, 5.41) is 0. The van der Waals surface area contributed by atoms with Crippen LogP contribution in [0.4, 0.5) is 0 Å². The van der Waals surface area contributed by atoms with E-state index in [2.05, 4.69) is 25.6 Å². The number of amides is 1. The quantitative estimate of drug-likeness (QED) is 0.626. The number of rotatable bonds is 7.